The molecule has 0 radical (unpaired) electrons. The van der Waals surface area contributed by atoms with Crippen LogP contribution >= 0.6 is 0 Å². The highest BCUT2D eigenvalue weighted by Crippen LogP contribution is 2.39. The molecule has 2 unspecified atom stereocenters. The van der Waals surface area contributed by atoms with Crippen LogP contribution in [0.15, 0.2) is 42.5 Å². The van der Waals surface area contributed by atoms with E-state index >= 15 is 0 Å². The van der Waals surface area contributed by atoms with Crippen molar-refractivity contribution in [2.24, 2.45) is 5.73 Å². The Bertz CT molecular complexity index is 641. The number of halogens is 1. The molecule has 0 heterocycles. The quantitative estimate of drug-likeness (QED) is 0.926. The van der Waals surface area contributed by atoms with Gasteiger partial charge in [-0.3, -0.25) is 0 Å². The summed E-state index contributed by atoms with van der Waals surface area (Å²) in [6.45, 7) is 0. The predicted molar refractivity (Wildman–Crippen MR) is 82.0 cm³/mol. The first-order chi connectivity index (χ1) is 10.2. The molecule has 2 nitrogen and oxygen atoms in total. The lowest BCUT2D eigenvalue weighted by molar-refractivity contribution is 0.385. The molecule has 2 N–H and O–H groups in total. The minimum absolute atomic E-state index is 0.188. The monoisotopic (exact) mass is 285 g/mol. The molecule has 2 aromatic carbocycles. The molecule has 2 atom stereocenters. The Kier molecular flexibility index (Phi) is 3.93. The summed E-state index contributed by atoms with van der Waals surface area (Å²) in [5.74, 6) is 0.160. The first kappa shape index (κ1) is 14.1. The summed E-state index contributed by atoms with van der Waals surface area (Å²) in [6, 6.07) is 13.3. The first-order valence-electron chi connectivity index (χ1n) is 7.37. The molecule has 0 aliphatic heterocycles. The van der Waals surface area contributed by atoms with Crippen molar-refractivity contribution in [3.05, 3.63) is 65.0 Å². The fraction of sp³-hybridized carbons (Fsp3) is 0.333. The highest BCUT2D eigenvalue weighted by molar-refractivity contribution is 5.37. The standard InChI is InChI=1S/C18H20FNO/c1-21-17-10-9-13(11-16(17)19)18(20)15-8-4-6-12-5-2-3-7-14(12)15/h2-3,5,7,9-11,15,18H,4,6,8,20H2,1H3. The lowest BCUT2D eigenvalue weighted by Gasteiger charge is -2.30. The second-order valence-electron chi connectivity index (χ2n) is 5.62. The summed E-state index contributed by atoms with van der Waals surface area (Å²) >= 11 is 0. The van der Waals surface area contributed by atoms with Crippen molar-refractivity contribution < 1.29 is 9.13 Å². The Balaban J connectivity index is 1.92. The van der Waals surface area contributed by atoms with Gasteiger partial charge < -0.3 is 10.5 Å². The van der Waals surface area contributed by atoms with E-state index in [1.807, 2.05) is 6.07 Å². The molecule has 0 amide bonds. The van der Waals surface area contributed by atoms with Gasteiger partial charge >= 0.3 is 0 Å². The van der Waals surface area contributed by atoms with E-state index in [0.29, 0.717) is 0 Å². The van der Waals surface area contributed by atoms with Crippen LogP contribution in [-0.4, -0.2) is 7.11 Å². The number of rotatable bonds is 3. The zero-order chi connectivity index (χ0) is 14.8. The maximum atomic E-state index is 13.9. The zero-order valence-electron chi connectivity index (χ0n) is 12.2. The molecular weight excluding hydrogens is 265 g/mol. The van der Waals surface area contributed by atoms with E-state index in [2.05, 4.69) is 24.3 Å². The third-order valence-corrected chi connectivity index (χ3v) is 4.41. The van der Waals surface area contributed by atoms with Gasteiger partial charge in [-0.2, -0.15) is 0 Å². The lowest BCUT2D eigenvalue weighted by atomic mass is 9.77. The summed E-state index contributed by atoms with van der Waals surface area (Å²) in [4.78, 5) is 0. The second kappa shape index (κ2) is 5.86. The van der Waals surface area contributed by atoms with E-state index in [9.17, 15) is 4.39 Å². The largest absolute Gasteiger partial charge is 0.494 e. The number of benzene rings is 2. The Morgan fingerprint density at radius 1 is 1.24 bits per heavy atom. The summed E-state index contributed by atoms with van der Waals surface area (Å²) < 4.78 is 18.9. The molecule has 0 bridgehead atoms. The molecule has 0 saturated carbocycles. The van der Waals surface area contributed by atoms with Crippen LogP contribution in [-0.2, 0) is 6.42 Å². The minimum Gasteiger partial charge on any atom is -0.494 e. The van der Waals surface area contributed by atoms with Gasteiger partial charge in [0.05, 0.1) is 7.11 Å². The number of hydrogen-bond donors (Lipinski definition) is 1. The number of methoxy groups -OCH3 is 1. The van der Waals surface area contributed by atoms with Gasteiger partial charge in [-0.15, -0.1) is 0 Å². The van der Waals surface area contributed by atoms with Crippen LogP contribution in [0.4, 0.5) is 4.39 Å². The van der Waals surface area contributed by atoms with Crippen molar-refractivity contribution >= 4 is 0 Å². The van der Waals surface area contributed by atoms with Crippen LogP contribution in [0, 0.1) is 5.82 Å². The molecule has 2 aromatic rings. The Morgan fingerprint density at radius 2 is 2.05 bits per heavy atom. The van der Waals surface area contributed by atoms with Crippen molar-refractivity contribution in [1.82, 2.24) is 0 Å². The van der Waals surface area contributed by atoms with Crippen molar-refractivity contribution in [1.29, 1.82) is 0 Å². The van der Waals surface area contributed by atoms with Gasteiger partial charge in [0.15, 0.2) is 11.6 Å². The number of hydrogen-bond acceptors (Lipinski definition) is 2. The van der Waals surface area contributed by atoms with Gasteiger partial charge in [0.1, 0.15) is 0 Å². The van der Waals surface area contributed by atoms with Crippen LogP contribution < -0.4 is 10.5 Å². The molecule has 21 heavy (non-hydrogen) atoms. The minimum atomic E-state index is -0.352. The Hall–Kier alpha value is -1.87. The SMILES string of the molecule is COc1ccc(C(N)C2CCCc3ccccc32)cc1F. The molecule has 0 saturated heterocycles. The third-order valence-electron chi connectivity index (χ3n) is 4.41. The van der Waals surface area contributed by atoms with Crippen LogP contribution in [0.1, 0.15) is 41.5 Å². The Labute approximate surface area is 124 Å². The van der Waals surface area contributed by atoms with Gasteiger partial charge in [0.2, 0.25) is 0 Å². The lowest BCUT2D eigenvalue weighted by Crippen LogP contribution is -2.23. The van der Waals surface area contributed by atoms with E-state index in [4.69, 9.17) is 10.5 Å². The van der Waals surface area contributed by atoms with Crippen LogP contribution in [0.2, 0.25) is 0 Å². The molecule has 0 fully saturated rings. The topological polar surface area (TPSA) is 35.2 Å². The molecule has 0 spiro atoms. The average molecular weight is 285 g/mol. The maximum absolute atomic E-state index is 13.9. The molecular formula is C18H20FNO. The first-order valence-corrected chi connectivity index (χ1v) is 7.37. The summed E-state index contributed by atoms with van der Waals surface area (Å²) in [5.41, 5.74) is 9.95. The smallest absolute Gasteiger partial charge is 0.165 e. The highest BCUT2D eigenvalue weighted by Gasteiger charge is 2.26. The Morgan fingerprint density at radius 3 is 2.81 bits per heavy atom. The van der Waals surface area contributed by atoms with Gasteiger partial charge in [-0.05, 0) is 48.1 Å². The molecule has 0 aromatic heterocycles. The fourth-order valence-corrected chi connectivity index (χ4v) is 3.29. The number of nitrogens with two attached hydrogens (primary N) is 1. The predicted octanol–water partition coefficient (Wildman–Crippen LogP) is 3.95. The van der Waals surface area contributed by atoms with E-state index in [1.54, 1.807) is 6.07 Å². The normalized spacial score (nSPS) is 18.9. The molecule has 1 aliphatic carbocycles. The zero-order valence-corrected chi connectivity index (χ0v) is 12.2. The fourth-order valence-electron chi connectivity index (χ4n) is 3.29. The third kappa shape index (κ3) is 2.66. The van der Waals surface area contributed by atoms with E-state index in [0.717, 1.165) is 24.8 Å². The summed E-state index contributed by atoms with van der Waals surface area (Å²) in [5, 5.41) is 0. The van der Waals surface area contributed by atoms with Crippen LogP contribution in [0.5, 0.6) is 5.75 Å². The van der Waals surface area contributed by atoms with E-state index in [-0.39, 0.29) is 23.5 Å². The number of aryl methyl sites for hydroxylation is 1. The van der Waals surface area contributed by atoms with Gasteiger partial charge in [0, 0.05) is 12.0 Å². The highest BCUT2D eigenvalue weighted by atomic mass is 19.1. The van der Waals surface area contributed by atoms with Crippen LogP contribution in [0.25, 0.3) is 0 Å². The van der Waals surface area contributed by atoms with Gasteiger partial charge in [-0.1, -0.05) is 30.3 Å². The van der Waals surface area contributed by atoms with Crippen molar-refractivity contribution in [2.45, 2.75) is 31.2 Å². The summed E-state index contributed by atoms with van der Waals surface area (Å²) in [7, 11) is 1.47. The average Bonchev–Trinajstić information content (AvgIpc) is 2.53. The summed E-state index contributed by atoms with van der Waals surface area (Å²) in [6.07, 6.45) is 3.29. The molecule has 110 valence electrons. The van der Waals surface area contributed by atoms with Gasteiger partial charge in [0.25, 0.3) is 0 Å². The van der Waals surface area contributed by atoms with E-state index < -0.39 is 0 Å². The van der Waals surface area contributed by atoms with Gasteiger partial charge in [-0.25, -0.2) is 4.39 Å². The van der Waals surface area contributed by atoms with Crippen LogP contribution in [0.3, 0.4) is 0 Å². The molecule has 1 aliphatic rings. The maximum Gasteiger partial charge on any atom is 0.165 e. The molecule has 3 heteroatoms. The number of fused-ring (bicyclic) bond motifs is 1. The number of ether oxygens (including phenoxy) is 1. The van der Waals surface area contributed by atoms with Crippen molar-refractivity contribution in [3.63, 3.8) is 0 Å². The van der Waals surface area contributed by atoms with E-state index in [1.165, 1.54) is 24.3 Å². The molecule has 3 rings (SSSR count). The van der Waals surface area contributed by atoms with Crippen molar-refractivity contribution in [3.8, 4) is 5.75 Å². The van der Waals surface area contributed by atoms with Crippen molar-refractivity contribution in [2.75, 3.05) is 7.11 Å². The second-order valence-corrected chi connectivity index (χ2v) is 5.62.